The minimum Gasteiger partial charge on any atom is -0.371 e. The summed E-state index contributed by atoms with van der Waals surface area (Å²) in [5.74, 6) is 0. The lowest BCUT2D eigenvalue weighted by molar-refractivity contribution is 0.601. The zero-order chi connectivity index (χ0) is 14.7. The molecule has 21 heavy (non-hydrogen) atoms. The Morgan fingerprint density at radius 2 is 1.90 bits per heavy atom. The molecule has 1 aromatic heterocycles. The van der Waals surface area contributed by atoms with Gasteiger partial charge in [0, 0.05) is 31.2 Å². The molecule has 1 aliphatic heterocycles. The molecular formula is C15H17N3O2S. The highest BCUT2D eigenvalue weighted by Crippen LogP contribution is 2.24. The highest BCUT2D eigenvalue weighted by atomic mass is 32.2. The SMILES string of the molecule is O=S(=O)(Nc1cccc(N2CCCC2)c1)c1cccnc1. The zero-order valence-electron chi connectivity index (χ0n) is 11.6. The summed E-state index contributed by atoms with van der Waals surface area (Å²) in [6, 6.07) is 10.6. The Morgan fingerprint density at radius 3 is 2.62 bits per heavy atom. The van der Waals surface area contributed by atoms with Crippen LogP contribution in [0.15, 0.2) is 53.7 Å². The van der Waals surface area contributed by atoms with E-state index in [0.29, 0.717) is 5.69 Å². The average molecular weight is 303 g/mol. The highest BCUT2D eigenvalue weighted by Gasteiger charge is 2.16. The second-order valence-corrected chi connectivity index (χ2v) is 6.72. The number of sulfonamides is 1. The standard InChI is InChI=1S/C15H17N3O2S/c19-21(20,15-7-4-8-16-12-15)17-13-5-3-6-14(11-13)18-9-1-2-10-18/h3-8,11-12,17H,1-2,9-10H2. The lowest BCUT2D eigenvalue weighted by atomic mass is 10.2. The molecule has 0 unspecified atom stereocenters. The van der Waals surface area contributed by atoms with E-state index in [4.69, 9.17) is 0 Å². The van der Waals surface area contributed by atoms with Gasteiger partial charge in [-0.3, -0.25) is 9.71 Å². The third kappa shape index (κ3) is 3.16. The minimum absolute atomic E-state index is 0.163. The molecule has 1 saturated heterocycles. The van der Waals surface area contributed by atoms with Crippen LogP contribution in [0.4, 0.5) is 11.4 Å². The molecule has 1 N–H and O–H groups in total. The molecule has 6 heteroatoms. The normalized spacial score (nSPS) is 15.1. The molecule has 2 heterocycles. The molecule has 3 rings (SSSR count). The van der Waals surface area contributed by atoms with Gasteiger partial charge >= 0.3 is 0 Å². The van der Waals surface area contributed by atoms with E-state index in [2.05, 4.69) is 14.6 Å². The van der Waals surface area contributed by atoms with E-state index in [-0.39, 0.29) is 4.90 Å². The average Bonchev–Trinajstić information content (AvgIpc) is 3.02. The van der Waals surface area contributed by atoms with Crippen molar-refractivity contribution >= 4 is 21.4 Å². The maximum Gasteiger partial charge on any atom is 0.263 e. The Kier molecular flexibility index (Phi) is 3.79. The van der Waals surface area contributed by atoms with Gasteiger partial charge in [0.2, 0.25) is 0 Å². The van der Waals surface area contributed by atoms with Gasteiger partial charge in [0.05, 0.1) is 5.69 Å². The van der Waals surface area contributed by atoms with E-state index in [0.717, 1.165) is 18.8 Å². The number of rotatable bonds is 4. The first kappa shape index (κ1) is 13.9. The Bertz CT molecular complexity index is 711. The van der Waals surface area contributed by atoms with Gasteiger partial charge in [0.1, 0.15) is 4.90 Å². The van der Waals surface area contributed by atoms with Crippen LogP contribution in [0.1, 0.15) is 12.8 Å². The van der Waals surface area contributed by atoms with Crippen LogP contribution in [0.5, 0.6) is 0 Å². The van der Waals surface area contributed by atoms with E-state index >= 15 is 0 Å². The van der Waals surface area contributed by atoms with Gasteiger partial charge in [0.15, 0.2) is 0 Å². The van der Waals surface area contributed by atoms with Crippen LogP contribution >= 0.6 is 0 Å². The quantitative estimate of drug-likeness (QED) is 0.942. The first-order valence-electron chi connectivity index (χ1n) is 6.93. The van der Waals surface area contributed by atoms with E-state index < -0.39 is 10.0 Å². The smallest absolute Gasteiger partial charge is 0.263 e. The van der Waals surface area contributed by atoms with E-state index in [1.807, 2.05) is 18.2 Å². The van der Waals surface area contributed by atoms with Crippen molar-refractivity contribution in [3.8, 4) is 0 Å². The predicted molar refractivity (Wildman–Crippen MR) is 82.9 cm³/mol. The van der Waals surface area contributed by atoms with Gasteiger partial charge < -0.3 is 4.90 Å². The summed E-state index contributed by atoms with van der Waals surface area (Å²) in [5.41, 5.74) is 1.63. The number of hydrogen-bond donors (Lipinski definition) is 1. The van der Waals surface area contributed by atoms with E-state index in [1.54, 1.807) is 18.3 Å². The van der Waals surface area contributed by atoms with Crippen molar-refractivity contribution in [2.75, 3.05) is 22.7 Å². The number of anilines is 2. The largest absolute Gasteiger partial charge is 0.371 e. The van der Waals surface area contributed by atoms with Crippen LogP contribution in [-0.4, -0.2) is 26.5 Å². The van der Waals surface area contributed by atoms with Crippen molar-refractivity contribution in [1.82, 2.24) is 4.98 Å². The van der Waals surface area contributed by atoms with Crippen LogP contribution in [0.3, 0.4) is 0 Å². The lowest BCUT2D eigenvalue weighted by Crippen LogP contribution is -2.18. The summed E-state index contributed by atoms with van der Waals surface area (Å²) < 4.78 is 27.1. The fourth-order valence-corrected chi connectivity index (χ4v) is 3.47. The molecule has 5 nitrogen and oxygen atoms in total. The zero-order valence-corrected chi connectivity index (χ0v) is 12.4. The van der Waals surface area contributed by atoms with Gasteiger partial charge in [0.25, 0.3) is 10.0 Å². The first-order chi connectivity index (χ1) is 10.1. The summed E-state index contributed by atoms with van der Waals surface area (Å²) in [7, 11) is -3.58. The molecule has 0 amide bonds. The summed E-state index contributed by atoms with van der Waals surface area (Å²) in [4.78, 5) is 6.28. The molecule has 110 valence electrons. The monoisotopic (exact) mass is 303 g/mol. The molecule has 1 aromatic carbocycles. The number of hydrogen-bond acceptors (Lipinski definition) is 4. The third-order valence-corrected chi connectivity index (χ3v) is 4.88. The summed E-state index contributed by atoms with van der Waals surface area (Å²) in [5, 5.41) is 0. The summed E-state index contributed by atoms with van der Waals surface area (Å²) in [6.45, 7) is 2.05. The first-order valence-corrected chi connectivity index (χ1v) is 8.41. The van der Waals surface area contributed by atoms with Crippen LogP contribution in [0.25, 0.3) is 0 Å². The fraction of sp³-hybridized carbons (Fsp3) is 0.267. The Hall–Kier alpha value is -2.08. The Labute approximate surface area is 124 Å². The summed E-state index contributed by atoms with van der Waals surface area (Å²) >= 11 is 0. The van der Waals surface area contributed by atoms with Crippen molar-refractivity contribution in [2.45, 2.75) is 17.7 Å². The van der Waals surface area contributed by atoms with E-state index in [9.17, 15) is 8.42 Å². The fourth-order valence-electron chi connectivity index (χ4n) is 2.46. The van der Waals surface area contributed by atoms with Gasteiger partial charge in [-0.15, -0.1) is 0 Å². The maximum atomic E-state index is 12.3. The molecular weight excluding hydrogens is 286 g/mol. The Balaban J connectivity index is 1.83. The molecule has 1 aliphatic rings. The molecule has 0 atom stereocenters. The minimum atomic E-state index is -3.58. The van der Waals surface area contributed by atoms with Crippen LogP contribution in [-0.2, 0) is 10.0 Å². The molecule has 0 saturated carbocycles. The summed E-state index contributed by atoms with van der Waals surface area (Å²) in [6.07, 6.45) is 5.26. The number of nitrogens with one attached hydrogen (secondary N) is 1. The molecule has 0 spiro atoms. The van der Waals surface area contributed by atoms with Crippen molar-refractivity contribution in [3.63, 3.8) is 0 Å². The topological polar surface area (TPSA) is 62.3 Å². The molecule has 0 aliphatic carbocycles. The van der Waals surface area contributed by atoms with Crippen molar-refractivity contribution < 1.29 is 8.42 Å². The molecule has 1 fully saturated rings. The molecule has 0 radical (unpaired) electrons. The number of pyridine rings is 1. The third-order valence-electron chi connectivity index (χ3n) is 3.51. The van der Waals surface area contributed by atoms with Crippen LogP contribution in [0, 0.1) is 0 Å². The molecule has 2 aromatic rings. The number of benzene rings is 1. The van der Waals surface area contributed by atoms with Crippen LogP contribution in [0.2, 0.25) is 0 Å². The van der Waals surface area contributed by atoms with Crippen molar-refractivity contribution in [2.24, 2.45) is 0 Å². The second kappa shape index (κ2) is 5.73. The van der Waals surface area contributed by atoms with Gasteiger partial charge in [-0.25, -0.2) is 8.42 Å². The van der Waals surface area contributed by atoms with Gasteiger partial charge in [-0.1, -0.05) is 6.07 Å². The predicted octanol–water partition coefficient (Wildman–Crippen LogP) is 2.48. The maximum absolute atomic E-state index is 12.3. The van der Waals surface area contributed by atoms with Gasteiger partial charge in [-0.2, -0.15) is 0 Å². The van der Waals surface area contributed by atoms with Crippen molar-refractivity contribution in [1.29, 1.82) is 0 Å². The number of nitrogens with zero attached hydrogens (tertiary/aromatic N) is 2. The van der Waals surface area contributed by atoms with Crippen LogP contribution < -0.4 is 9.62 Å². The van der Waals surface area contributed by atoms with E-state index in [1.165, 1.54) is 25.1 Å². The highest BCUT2D eigenvalue weighted by molar-refractivity contribution is 7.92. The second-order valence-electron chi connectivity index (χ2n) is 5.04. The van der Waals surface area contributed by atoms with Crippen molar-refractivity contribution in [3.05, 3.63) is 48.8 Å². The Morgan fingerprint density at radius 1 is 1.10 bits per heavy atom. The lowest BCUT2D eigenvalue weighted by Gasteiger charge is -2.18. The molecule has 0 bridgehead atoms. The number of aromatic nitrogens is 1. The van der Waals surface area contributed by atoms with Gasteiger partial charge in [-0.05, 0) is 43.2 Å².